The highest BCUT2D eigenvalue weighted by atomic mass is 16.6. The first-order valence-electron chi connectivity index (χ1n) is 7.05. The van der Waals surface area contributed by atoms with Gasteiger partial charge in [0.05, 0.1) is 0 Å². The summed E-state index contributed by atoms with van der Waals surface area (Å²) in [6, 6.07) is 2.45. The van der Waals surface area contributed by atoms with E-state index in [1.165, 1.54) is 13.0 Å². The Labute approximate surface area is 136 Å². The number of carbonyl (C=O) groups excluding carboxylic acids is 1. The molecule has 0 saturated heterocycles. The second-order valence-electron chi connectivity index (χ2n) is 5.56. The predicted octanol–water partition coefficient (Wildman–Crippen LogP) is 3.05. The molecule has 3 rings (SSSR count). The van der Waals surface area contributed by atoms with E-state index >= 15 is 0 Å². The lowest BCUT2D eigenvalue weighted by Gasteiger charge is -2.15. The normalized spacial score (nSPS) is 12.5. The van der Waals surface area contributed by atoms with Crippen LogP contribution in [0, 0.1) is 20.8 Å². The van der Waals surface area contributed by atoms with Crippen molar-refractivity contribution in [3.63, 3.8) is 0 Å². The molecule has 7 nitrogen and oxygen atoms in total. The van der Waals surface area contributed by atoms with Gasteiger partial charge in [0.2, 0.25) is 0 Å². The minimum absolute atomic E-state index is 0.00500. The van der Waals surface area contributed by atoms with Crippen molar-refractivity contribution in [2.24, 2.45) is 0 Å². The Balaban J connectivity index is 2.33. The molecule has 1 heterocycles. The van der Waals surface area contributed by atoms with E-state index in [0.717, 1.165) is 6.07 Å². The molecule has 0 spiro atoms. The molecule has 0 amide bonds. The lowest BCUT2D eigenvalue weighted by Crippen LogP contribution is -2.10. The van der Waals surface area contributed by atoms with Crippen LogP contribution in [0.15, 0.2) is 12.1 Å². The quantitative estimate of drug-likeness (QED) is 0.544. The molecule has 0 bridgehead atoms. The van der Waals surface area contributed by atoms with Gasteiger partial charge in [-0.15, -0.1) is 0 Å². The van der Waals surface area contributed by atoms with Crippen molar-refractivity contribution >= 4 is 11.9 Å². The fourth-order valence-corrected chi connectivity index (χ4v) is 2.73. The number of aryl methyl sites for hydroxylation is 1. The van der Waals surface area contributed by atoms with Gasteiger partial charge in [0.1, 0.15) is 28.4 Å². The largest absolute Gasteiger partial charge is 0.508 e. The number of hydrogen-bond acceptors (Lipinski definition) is 6. The van der Waals surface area contributed by atoms with E-state index in [9.17, 15) is 24.9 Å². The maximum Gasteiger partial charge on any atom is 0.347 e. The number of carbonyl (C=O) groups is 2. The van der Waals surface area contributed by atoms with E-state index < -0.39 is 17.7 Å². The van der Waals surface area contributed by atoms with Crippen LogP contribution in [-0.4, -0.2) is 27.3 Å². The monoisotopic (exact) mass is 330 g/mol. The van der Waals surface area contributed by atoms with Gasteiger partial charge in [0, 0.05) is 17.2 Å². The zero-order valence-corrected chi connectivity index (χ0v) is 13.1. The van der Waals surface area contributed by atoms with Gasteiger partial charge in [-0.1, -0.05) is 0 Å². The van der Waals surface area contributed by atoms with Gasteiger partial charge in [-0.05, 0) is 32.4 Å². The first-order valence-corrected chi connectivity index (χ1v) is 7.05. The summed E-state index contributed by atoms with van der Waals surface area (Å²) >= 11 is 0. The van der Waals surface area contributed by atoms with Gasteiger partial charge < -0.3 is 24.8 Å². The standard InChI is InChI=1S/C17H14O7/c1-6-4-9(18)7(2)15-12(6)17(22)23-11-5-10(19)13(16(20)21)8(3)14(11)24-15/h4-5,18-19H,1-3H3,(H,20,21). The Bertz CT molecular complexity index is 912. The molecule has 0 fully saturated rings. The first-order chi connectivity index (χ1) is 11.2. The minimum atomic E-state index is -1.34. The number of fused-ring (bicyclic) bond motifs is 2. The van der Waals surface area contributed by atoms with Gasteiger partial charge in [0.25, 0.3) is 0 Å². The van der Waals surface area contributed by atoms with Gasteiger partial charge in [-0.2, -0.15) is 0 Å². The van der Waals surface area contributed by atoms with Crippen molar-refractivity contribution in [1.29, 1.82) is 0 Å². The molecule has 0 unspecified atom stereocenters. The van der Waals surface area contributed by atoms with Gasteiger partial charge >= 0.3 is 11.9 Å². The van der Waals surface area contributed by atoms with Crippen molar-refractivity contribution in [2.75, 3.05) is 0 Å². The molecule has 0 aromatic heterocycles. The van der Waals surface area contributed by atoms with Crippen LogP contribution >= 0.6 is 0 Å². The molecule has 124 valence electrons. The van der Waals surface area contributed by atoms with E-state index in [0.29, 0.717) is 11.1 Å². The smallest absolute Gasteiger partial charge is 0.347 e. The average molecular weight is 330 g/mol. The lowest BCUT2D eigenvalue weighted by molar-refractivity contribution is 0.0692. The summed E-state index contributed by atoms with van der Waals surface area (Å²) in [5.74, 6) is -2.63. The molecular formula is C17H14O7. The molecule has 0 saturated carbocycles. The number of ether oxygens (including phenoxy) is 2. The van der Waals surface area contributed by atoms with Gasteiger partial charge in [-0.3, -0.25) is 0 Å². The zero-order chi connectivity index (χ0) is 17.8. The number of aromatic hydroxyl groups is 2. The second kappa shape index (κ2) is 5.16. The number of phenols is 2. The van der Waals surface area contributed by atoms with E-state index in [1.807, 2.05) is 0 Å². The van der Waals surface area contributed by atoms with E-state index in [2.05, 4.69) is 0 Å². The van der Waals surface area contributed by atoms with E-state index in [1.54, 1.807) is 13.8 Å². The van der Waals surface area contributed by atoms with Crippen molar-refractivity contribution in [3.8, 4) is 28.7 Å². The number of rotatable bonds is 1. The molecule has 3 N–H and O–H groups in total. The number of esters is 1. The van der Waals surface area contributed by atoms with Crippen molar-refractivity contribution in [2.45, 2.75) is 20.8 Å². The lowest BCUT2D eigenvalue weighted by atomic mass is 10.0. The number of carboxylic acid groups (broad SMARTS) is 1. The van der Waals surface area contributed by atoms with Crippen LogP contribution in [-0.2, 0) is 0 Å². The maximum absolute atomic E-state index is 12.4. The molecule has 7 heteroatoms. The Hall–Kier alpha value is -3.22. The molecule has 1 aliphatic rings. The van der Waals surface area contributed by atoms with Crippen molar-refractivity contribution in [3.05, 3.63) is 39.9 Å². The number of phenolic OH excluding ortho intramolecular Hbond substituents is 1. The Morgan fingerprint density at radius 1 is 0.958 bits per heavy atom. The molecule has 0 radical (unpaired) electrons. The summed E-state index contributed by atoms with van der Waals surface area (Å²) in [4.78, 5) is 23.7. The molecule has 0 atom stereocenters. The number of benzene rings is 2. The number of hydrogen-bond donors (Lipinski definition) is 3. The summed E-state index contributed by atoms with van der Waals surface area (Å²) < 4.78 is 11.0. The summed E-state index contributed by atoms with van der Waals surface area (Å²) in [6.45, 7) is 4.62. The Morgan fingerprint density at radius 3 is 2.25 bits per heavy atom. The highest BCUT2D eigenvalue weighted by molar-refractivity contribution is 5.99. The molecule has 24 heavy (non-hydrogen) atoms. The highest BCUT2D eigenvalue weighted by Crippen LogP contribution is 2.47. The van der Waals surface area contributed by atoms with E-state index in [-0.39, 0.29) is 39.7 Å². The van der Waals surface area contributed by atoms with Gasteiger partial charge in [0.15, 0.2) is 11.5 Å². The average Bonchev–Trinajstić information content (AvgIpc) is 2.61. The molecule has 1 aliphatic heterocycles. The van der Waals surface area contributed by atoms with Crippen molar-refractivity contribution < 1.29 is 34.4 Å². The third-order valence-electron chi connectivity index (χ3n) is 3.99. The van der Waals surface area contributed by atoms with Crippen LogP contribution in [0.4, 0.5) is 0 Å². The summed E-state index contributed by atoms with van der Waals surface area (Å²) in [6.07, 6.45) is 0. The maximum atomic E-state index is 12.4. The Kier molecular flexibility index (Phi) is 3.37. The number of aromatic carboxylic acids is 1. The summed E-state index contributed by atoms with van der Waals surface area (Å²) in [5, 5.41) is 29.1. The summed E-state index contributed by atoms with van der Waals surface area (Å²) in [7, 11) is 0. The zero-order valence-electron chi connectivity index (χ0n) is 13.1. The third-order valence-corrected chi connectivity index (χ3v) is 3.99. The first kappa shape index (κ1) is 15.7. The van der Waals surface area contributed by atoms with Crippen molar-refractivity contribution in [1.82, 2.24) is 0 Å². The second-order valence-corrected chi connectivity index (χ2v) is 5.56. The fraction of sp³-hybridized carbons (Fsp3) is 0.176. The van der Waals surface area contributed by atoms with Crippen LogP contribution in [0.2, 0.25) is 0 Å². The van der Waals surface area contributed by atoms with Crippen LogP contribution in [0.25, 0.3) is 0 Å². The fourth-order valence-electron chi connectivity index (χ4n) is 2.73. The number of carboxylic acids is 1. The summed E-state index contributed by atoms with van der Waals surface area (Å²) in [5.41, 5.74) is 0.676. The SMILES string of the molecule is Cc1cc(O)c(C)c2c1C(=O)Oc1cc(O)c(C(=O)O)c(C)c1O2. The molecule has 2 aromatic rings. The Morgan fingerprint density at radius 2 is 1.62 bits per heavy atom. The van der Waals surface area contributed by atoms with Crippen LogP contribution in [0.1, 0.15) is 37.4 Å². The minimum Gasteiger partial charge on any atom is -0.508 e. The highest BCUT2D eigenvalue weighted by Gasteiger charge is 2.31. The molecule has 0 aliphatic carbocycles. The van der Waals surface area contributed by atoms with Crippen LogP contribution < -0.4 is 9.47 Å². The van der Waals surface area contributed by atoms with Crippen LogP contribution in [0.5, 0.6) is 28.7 Å². The predicted molar refractivity (Wildman–Crippen MR) is 82.4 cm³/mol. The topological polar surface area (TPSA) is 113 Å². The van der Waals surface area contributed by atoms with Gasteiger partial charge in [-0.25, -0.2) is 9.59 Å². The molecular weight excluding hydrogens is 316 g/mol. The van der Waals surface area contributed by atoms with Crippen LogP contribution in [0.3, 0.4) is 0 Å². The molecule has 2 aromatic carbocycles. The third kappa shape index (κ3) is 2.13. The van der Waals surface area contributed by atoms with E-state index in [4.69, 9.17) is 9.47 Å².